The largest absolute Gasteiger partial charge is 0.480 e. The maximum atomic E-state index is 11.2. The second-order valence-electron chi connectivity index (χ2n) is 5.77. The van der Waals surface area contributed by atoms with Crippen LogP contribution in [-0.4, -0.2) is 59.6 Å². The number of hydrogen-bond donors (Lipinski definition) is 1. The number of carbonyl (C=O) groups is 1. The molecule has 2 aliphatic heterocycles. The number of hydrogen-bond acceptors (Lipinski definition) is 3. The predicted octanol–water partition coefficient (Wildman–Crippen LogP) is 1.66. The molecule has 0 bridgehead atoms. The van der Waals surface area contributed by atoms with Crippen LogP contribution < -0.4 is 0 Å². The Morgan fingerprint density at radius 1 is 1.28 bits per heavy atom. The standard InChI is InChI=1S/C14H26N2O2/c1-2-13(14(17)18)16-9-6-12(11-16)10-15-7-4-3-5-8-15/h12-13H,2-11H2,1H3,(H,17,18). The van der Waals surface area contributed by atoms with E-state index < -0.39 is 5.97 Å². The zero-order valence-electron chi connectivity index (χ0n) is 11.5. The zero-order chi connectivity index (χ0) is 13.0. The number of carboxylic acid groups (broad SMARTS) is 1. The first-order chi connectivity index (χ1) is 8.70. The lowest BCUT2D eigenvalue weighted by Crippen LogP contribution is -2.40. The van der Waals surface area contributed by atoms with Crippen LogP contribution in [0.1, 0.15) is 39.0 Å². The van der Waals surface area contributed by atoms with Gasteiger partial charge in [0, 0.05) is 13.1 Å². The summed E-state index contributed by atoms with van der Waals surface area (Å²) in [6, 6.07) is -0.267. The molecule has 2 unspecified atom stereocenters. The molecule has 0 aromatic carbocycles. The van der Waals surface area contributed by atoms with Crippen molar-refractivity contribution in [2.75, 3.05) is 32.7 Å². The Balaban J connectivity index is 1.78. The van der Waals surface area contributed by atoms with Gasteiger partial charge in [0.05, 0.1) is 0 Å². The predicted molar refractivity (Wildman–Crippen MR) is 71.7 cm³/mol. The molecule has 0 aromatic heterocycles. The van der Waals surface area contributed by atoms with Gasteiger partial charge in [-0.2, -0.15) is 0 Å². The minimum atomic E-state index is -0.656. The third kappa shape index (κ3) is 3.45. The molecule has 2 atom stereocenters. The van der Waals surface area contributed by atoms with Crippen molar-refractivity contribution < 1.29 is 9.90 Å². The van der Waals surface area contributed by atoms with E-state index in [-0.39, 0.29) is 6.04 Å². The van der Waals surface area contributed by atoms with Gasteiger partial charge in [0.2, 0.25) is 0 Å². The average Bonchev–Trinajstić information content (AvgIpc) is 2.79. The molecule has 4 heteroatoms. The summed E-state index contributed by atoms with van der Waals surface area (Å²) >= 11 is 0. The molecule has 0 aliphatic carbocycles. The Labute approximate surface area is 110 Å². The maximum absolute atomic E-state index is 11.2. The minimum absolute atomic E-state index is 0.267. The molecule has 2 fully saturated rings. The molecule has 0 saturated carbocycles. The molecule has 2 aliphatic rings. The second kappa shape index (κ2) is 6.53. The van der Waals surface area contributed by atoms with E-state index in [1.165, 1.54) is 45.3 Å². The molecule has 2 heterocycles. The lowest BCUT2D eigenvalue weighted by molar-refractivity contribution is -0.143. The molecule has 104 valence electrons. The smallest absolute Gasteiger partial charge is 0.320 e. The van der Waals surface area contributed by atoms with Crippen molar-refractivity contribution in [1.29, 1.82) is 0 Å². The number of carboxylic acids is 1. The van der Waals surface area contributed by atoms with Crippen LogP contribution >= 0.6 is 0 Å². The highest BCUT2D eigenvalue weighted by molar-refractivity contribution is 5.73. The average molecular weight is 254 g/mol. The molecule has 0 spiro atoms. The van der Waals surface area contributed by atoms with Gasteiger partial charge in [0.15, 0.2) is 0 Å². The number of aliphatic carboxylic acids is 1. The first-order valence-corrected chi connectivity index (χ1v) is 7.40. The highest BCUT2D eigenvalue weighted by Crippen LogP contribution is 2.22. The van der Waals surface area contributed by atoms with Gasteiger partial charge in [-0.3, -0.25) is 9.69 Å². The normalized spacial score (nSPS) is 28.4. The van der Waals surface area contributed by atoms with E-state index in [1.54, 1.807) is 0 Å². The number of likely N-dealkylation sites (tertiary alicyclic amines) is 2. The van der Waals surface area contributed by atoms with Crippen molar-refractivity contribution in [3.05, 3.63) is 0 Å². The zero-order valence-corrected chi connectivity index (χ0v) is 11.5. The van der Waals surface area contributed by atoms with Crippen molar-refractivity contribution in [3.63, 3.8) is 0 Å². The van der Waals surface area contributed by atoms with Crippen LogP contribution in [0, 0.1) is 5.92 Å². The Hall–Kier alpha value is -0.610. The van der Waals surface area contributed by atoms with E-state index in [4.69, 9.17) is 0 Å². The van der Waals surface area contributed by atoms with Gasteiger partial charge < -0.3 is 10.0 Å². The summed E-state index contributed by atoms with van der Waals surface area (Å²) < 4.78 is 0. The number of piperidine rings is 1. The minimum Gasteiger partial charge on any atom is -0.480 e. The van der Waals surface area contributed by atoms with Gasteiger partial charge in [-0.05, 0) is 51.2 Å². The summed E-state index contributed by atoms with van der Waals surface area (Å²) in [4.78, 5) is 15.9. The van der Waals surface area contributed by atoms with E-state index in [9.17, 15) is 9.90 Å². The number of nitrogens with zero attached hydrogens (tertiary/aromatic N) is 2. The second-order valence-corrected chi connectivity index (χ2v) is 5.77. The van der Waals surface area contributed by atoms with Crippen molar-refractivity contribution in [2.45, 2.75) is 45.1 Å². The topological polar surface area (TPSA) is 43.8 Å². The van der Waals surface area contributed by atoms with Crippen molar-refractivity contribution >= 4 is 5.97 Å². The van der Waals surface area contributed by atoms with Gasteiger partial charge in [-0.1, -0.05) is 13.3 Å². The third-order valence-corrected chi connectivity index (χ3v) is 4.39. The fourth-order valence-electron chi connectivity index (χ4n) is 3.39. The quantitative estimate of drug-likeness (QED) is 0.810. The van der Waals surface area contributed by atoms with Gasteiger partial charge >= 0.3 is 5.97 Å². The van der Waals surface area contributed by atoms with Crippen molar-refractivity contribution in [1.82, 2.24) is 9.80 Å². The van der Waals surface area contributed by atoms with E-state index in [0.717, 1.165) is 13.1 Å². The van der Waals surface area contributed by atoms with E-state index in [1.807, 2.05) is 6.92 Å². The van der Waals surface area contributed by atoms with Crippen molar-refractivity contribution in [3.8, 4) is 0 Å². The highest BCUT2D eigenvalue weighted by atomic mass is 16.4. The fourth-order valence-corrected chi connectivity index (χ4v) is 3.39. The molecule has 1 N–H and O–H groups in total. The van der Waals surface area contributed by atoms with Gasteiger partial charge in [-0.25, -0.2) is 0 Å². The molecule has 18 heavy (non-hydrogen) atoms. The number of rotatable bonds is 5. The third-order valence-electron chi connectivity index (χ3n) is 4.39. The Morgan fingerprint density at radius 2 is 2.00 bits per heavy atom. The Bertz CT molecular complexity index is 277. The van der Waals surface area contributed by atoms with Crippen LogP contribution in [0.5, 0.6) is 0 Å². The first kappa shape index (κ1) is 13.8. The monoisotopic (exact) mass is 254 g/mol. The summed E-state index contributed by atoms with van der Waals surface area (Å²) in [6.45, 7) is 7.56. The highest BCUT2D eigenvalue weighted by Gasteiger charge is 2.31. The summed E-state index contributed by atoms with van der Waals surface area (Å²) in [5.41, 5.74) is 0. The summed E-state index contributed by atoms with van der Waals surface area (Å²) in [7, 11) is 0. The summed E-state index contributed by atoms with van der Waals surface area (Å²) in [6.07, 6.45) is 5.93. The van der Waals surface area contributed by atoms with Crippen LogP contribution in [0.25, 0.3) is 0 Å². The van der Waals surface area contributed by atoms with E-state index in [0.29, 0.717) is 12.3 Å². The lowest BCUT2D eigenvalue weighted by atomic mass is 10.1. The fraction of sp³-hybridized carbons (Fsp3) is 0.929. The van der Waals surface area contributed by atoms with Crippen LogP contribution in [0.4, 0.5) is 0 Å². The summed E-state index contributed by atoms with van der Waals surface area (Å²) in [5, 5.41) is 9.19. The molecule has 0 radical (unpaired) electrons. The van der Waals surface area contributed by atoms with Crippen LogP contribution in [0.2, 0.25) is 0 Å². The van der Waals surface area contributed by atoms with Crippen LogP contribution in [0.15, 0.2) is 0 Å². The van der Waals surface area contributed by atoms with E-state index >= 15 is 0 Å². The van der Waals surface area contributed by atoms with E-state index in [2.05, 4.69) is 9.80 Å². The first-order valence-electron chi connectivity index (χ1n) is 7.40. The van der Waals surface area contributed by atoms with Crippen LogP contribution in [0.3, 0.4) is 0 Å². The van der Waals surface area contributed by atoms with Crippen molar-refractivity contribution in [2.24, 2.45) is 5.92 Å². The van der Waals surface area contributed by atoms with Crippen LogP contribution in [-0.2, 0) is 4.79 Å². The molecule has 0 amide bonds. The van der Waals surface area contributed by atoms with Gasteiger partial charge in [0.1, 0.15) is 6.04 Å². The van der Waals surface area contributed by atoms with Gasteiger partial charge in [-0.15, -0.1) is 0 Å². The maximum Gasteiger partial charge on any atom is 0.320 e. The Morgan fingerprint density at radius 3 is 2.61 bits per heavy atom. The lowest BCUT2D eigenvalue weighted by Gasteiger charge is -2.29. The molecular formula is C14H26N2O2. The molecule has 2 saturated heterocycles. The molecular weight excluding hydrogens is 228 g/mol. The SMILES string of the molecule is CCC(C(=O)O)N1CCC(CN2CCCCC2)C1. The molecule has 2 rings (SSSR count). The molecule has 0 aromatic rings. The van der Waals surface area contributed by atoms with Gasteiger partial charge in [0.25, 0.3) is 0 Å². The Kier molecular flexibility index (Phi) is 5.01. The summed E-state index contributed by atoms with van der Waals surface area (Å²) in [5.74, 6) is 0.0209. The molecule has 4 nitrogen and oxygen atoms in total.